The van der Waals surface area contributed by atoms with Gasteiger partial charge in [-0.25, -0.2) is 0 Å². The first-order chi connectivity index (χ1) is 12.0. The third kappa shape index (κ3) is 5.71. The van der Waals surface area contributed by atoms with Crippen molar-refractivity contribution in [2.24, 2.45) is 0 Å². The number of ketones is 1. The molecule has 2 rings (SSSR count). The van der Waals surface area contributed by atoms with Crippen molar-refractivity contribution < 1.29 is 14.6 Å². The highest BCUT2D eigenvalue weighted by atomic mass is 16.5. The van der Waals surface area contributed by atoms with Crippen molar-refractivity contribution in [1.82, 2.24) is 5.32 Å². The van der Waals surface area contributed by atoms with Crippen molar-refractivity contribution >= 4 is 5.78 Å². The van der Waals surface area contributed by atoms with Gasteiger partial charge in [0.2, 0.25) is 0 Å². The van der Waals surface area contributed by atoms with E-state index >= 15 is 0 Å². The lowest BCUT2D eigenvalue weighted by molar-refractivity contribution is 0.101. The van der Waals surface area contributed by atoms with Crippen LogP contribution >= 0.6 is 0 Å². The quantitative estimate of drug-likeness (QED) is 0.723. The van der Waals surface area contributed by atoms with Crippen LogP contribution in [-0.2, 0) is 0 Å². The normalized spacial score (nSPS) is 12.9. The van der Waals surface area contributed by atoms with Crippen LogP contribution in [0.4, 0.5) is 0 Å². The third-order valence-electron chi connectivity index (χ3n) is 3.88. The fraction of sp³-hybridized carbons (Fsp3) is 0.300. The Kier molecular flexibility index (Phi) is 6.70. The molecule has 0 fully saturated rings. The first-order valence-corrected chi connectivity index (χ1v) is 8.15. The van der Waals surface area contributed by atoms with Gasteiger partial charge in [-0.05, 0) is 43.7 Å². The molecule has 130 valence electrons. The van der Waals surface area contributed by atoms with E-state index in [1.54, 1.807) is 36.4 Å². The van der Waals surface area contributed by atoms with Crippen molar-refractivity contribution in [3.8, 4) is 11.8 Å². The largest absolute Gasteiger partial charge is 0.491 e. The van der Waals surface area contributed by atoms with Crippen LogP contribution in [0, 0.1) is 11.3 Å². The number of aliphatic hydroxyl groups excluding tert-OH is 1. The minimum absolute atomic E-state index is 0.0242. The van der Waals surface area contributed by atoms with Gasteiger partial charge in [-0.2, -0.15) is 5.26 Å². The number of ether oxygens (including phenoxy) is 1. The van der Waals surface area contributed by atoms with E-state index in [4.69, 9.17) is 10.00 Å². The number of hydrogen-bond donors (Lipinski definition) is 2. The zero-order chi connectivity index (χ0) is 18.2. The second kappa shape index (κ2) is 8.97. The second-order valence-corrected chi connectivity index (χ2v) is 5.91. The van der Waals surface area contributed by atoms with Gasteiger partial charge in [0.05, 0.1) is 11.6 Å². The zero-order valence-electron chi connectivity index (χ0n) is 14.4. The molecule has 0 aliphatic carbocycles. The summed E-state index contributed by atoms with van der Waals surface area (Å²) in [5, 5.41) is 22.1. The van der Waals surface area contributed by atoms with Crippen LogP contribution in [-0.4, -0.2) is 30.1 Å². The second-order valence-electron chi connectivity index (χ2n) is 5.91. The van der Waals surface area contributed by atoms with E-state index in [2.05, 4.69) is 11.4 Å². The van der Waals surface area contributed by atoms with Crippen LogP contribution in [0.25, 0.3) is 0 Å². The fourth-order valence-corrected chi connectivity index (χ4v) is 2.33. The molecule has 2 unspecified atom stereocenters. The van der Waals surface area contributed by atoms with Crippen molar-refractivity contribution in [2.45, 2.75) is 26.0 Å². The predicted octanol–water partition coefficient (Wildman–Crippen LogP) is 2.85. The molecule has 25 heavy (non-hydrogen) atoms. The van der Waals surface area contributed by atoms with Gasteiger partial charge < -0.3 is 15.2 Å². The van der Waals surface area contributed by atoms with Gasteiger partial charge in [-0.3, -0.25) is 4.79 Å². The summed E-state index contributed by atoms with van der Waals surface area (Å²) in [6.07, 6.45) is -0.679. The molecule has 2 atom stereocenters. The summed E-state index contributed by atoms with van der Waals surface area (Å²) in [6.45, 7) is 4.00. The molecule has 2 aromatic carbocycles. The summed E-state index contributed by atoms with van der Waals surface area (Å²) in [4.78, 5) is 11.4. The van der Waals surface area contributed by atoms with E-state index in [-0.39, 0.29) is 18.4 Å². The smallest absolute Gasteiger partial charge is 0.159 e. The first kappa shape index (κ1) is 18.7. The topological polar surface area (TPSA) is 82.3 Å². The lowest BCUT2D eigenvalue weighted by Gasteiger charge is -2.18. The molecule has 0 heterocycles. The molecule has 2 aromatic rings. The number of nitrogens with zero attached hydrogens (tertiary/aromatic N) is 1. The maximum Gasteiger partial charge on any atom is 0.159 e. The number of carbonyl (C=O) groups excluding carboxylic acids is 1. The van der Waals surface area contributed by atoms with Gasteiger partial charge in [-0.15, -0.1) is 0 Å². The summed E-state index contributed by atoms with van der Waals surface area (Å²) in [5.74, 6) is 0.538. The van der Waals surface area contributed by atoms with Gasteiger partial charge >= 0.3 is 0 Å². The Morgan fingerprint density at radius 3 is 2.64 bits per heavy atom. The Morgan fingerprint density at radius 2 is 2.00 bits per heavy atom. The number of nitrogens with one attached hydrogen (secondary N) is 1. The molecule has 5 nitrogen and oxygen atoms in total. The van der Waals surface area contributed by atoms with Gasteiger partial charge in [0.1, 0.15) is 18.5 Å². The minimum atomic E-state index is -0.679. The Balaban J connectivity index is 1.80. The molecular formula is C20H22N2O3. The van der Waals surface area contributed by atoms with Crippen LogP contribution in [0.15, 0.2) is 48.5 Å². The van der Waals surface area contributed by atoms with Gasteiger partial charge in [0, 0.05) is 18.2 Å². The lowest BCUT2D eigenvalue weighted by Crippen LogP contribution is -2.33. The van der Waals surface area contributed by atoms with E-state index in [0.717, 1.165) is 5.56 Å². The molecular weight excluding hydrogens is 316 g/mol. The highest BCUT2D eigenvalue weighted by Crippen LogP contribution is 2.15. The van der Waals surface area contributed by atoms with E-state index in [9.17, 15) is 9.90 Å². The fourth-order valence-electron chi connectivity index (χ4n) is 2.33. The van der Waals surface area contributed by atoms with Crippen LogP contribution in [0.1, 0.15) is 41.4 Å². The van der Waals surface area contributed by atoms with Crippen molar-refractivity contribution in [1.29, 1.82) is 5.26 Å². The molecule has 0 saturated carbocycles. The molecule has 0 amide bonds. The average Bonchev–Trinajstić information content (AvgIpc) is 2.64. The predicted molar refractivity (Wildman–Crippen MR) is 95.5 cm³/mol. The highest BCUT2D eigenvalue weighted by molar-refractivity contribution is 5.94. The van der Waals surface area contributed by atoms with Gasteiger partial charge in [0.25, 0.3) is 0 Å². The molecule has 0 spiro atoms. The lowest BCUT2D eigenvalue weighted by atomic mass is 10.1. The summed E-state index contributed by atoms with van der Waals surface area (Å²) in [5.41, 5.74) is 2.25. The maximum atomic E-state index is 11.4. The summed E-state index contributed by atoms with van der Waals surface area (Å²) in [6, 6.07) is 16.4. The van der Waals surface area contributed by atoms with Crippen molar-refractivity contribution in [3.05, 3.63) is 65.2 Å². The molecule has 0 aliphatic rings. The van der Waals surface area contributed by atoms with E-state index in [0.29, 0.717) is 23.4 Å². The van der Waals surface area contributed by atoms with Gasteiger partial charge in [-0.1, -0.05) is 24.3 Å². The van der Waals surface area contributed by atoms with Crippen LogP contribution in [0.2, 0.25) is 0 Å². The summed E-state index contributed by atoms with van der Waals surface area (Å²) in [7, 11) is 0. The number of hydrogen-bond acceptors (Lipinski definition) is 5. The third-order valence-corrected chi connectivity index (χ3v) is 3.88. The first-order valence-electron chi connectivity index (χ1n) is 8.15. The van der Waals surface area contributed by atoms with Crippen molar-refractivity contribution in [3.63, 3.8) is 0 Å². The van der Waals surface area contributed by atoms with E-state index < -0.39 is 6.10 Å². The Morgan fingerprint density at radius 1 is 1.28 bits per heavy atom. The number of rotatable bonds is 8. The average molecular weight is 338 g/mol. The zero-order valence-corrected chi connectivity index (χ0v) is 14.4. The minimum Gasteiger partial charge on any atom is -0.491 e. The highest BCUT2D eigenvalue weighted by Gasteiger charge is 2.10. The molecule has 0 aromatic heterocycles. The standard InChI is InChI=1S/C20H22N2O3/c1-14(17-8-6-16(11-21)7-9-17)22-12-19(24)13-25-20-5-3-4-18(10-20)15(2)23/h3-10,14,19,22,24H,12-13H2,1-2H3. The Hall–Kier alpha value is -2.68. The SMILES string of the molecule is CC(=O)c1cccc(OCC(O)CNC(C)c2ccc(C#N)cc2)c1. The van der Waals surface area contributed by atoms with Crippen molar-refractivity contribution in [2.75, 3.05) is 13.2 Å². The number of benzene rings is 2. The molecule has 0 bridgehead atoms. The Bertz CT molecular complexity index is 750. The number of carbonyl (C=O) groups is 1. The van der Waals surface area contributed by atoms with E-state index in [1.807, 2.05) is 19.1 Å². The molecule has 5 heteroatoms. The van der Waals surface area contributed by atoms with Crippen LogP contribution in [0.5, 0.6) is 5.75 Å². The van der Waals surface area contributed by atoms with Gasteiger partial charge in [0.15, 0.2) is 5.78 Å². The molecule has 0 aliphatic heterocycles. The molecule has 2 N–H and O–H groups in total. The Labute approximate surface area is 147 Å². The van der Waals surface area contributed by atoms with E-state index in [1.165, 1.54) is 6.92 Å². The van der Waals surface area contributed by atoms with Crippen LogP contribution in [0.3, 0.4) is 0 Å². The molecule has 0 saturated heterocycles. The number of aliphatic hydroxyl groups is 1. The van der Waals surface area contributed by atoms with Crippen LogP contribution < -0.4 is 10.1 Å². The number of nitriles is 1. The number of Topliss-reactive ketones (excluding diaryl/α,β-unsaturated/α-hetero) is 1. The summed E-state index contributed by atoms with van der Waals surface area (Å²) < 4.78 is 5.55. The summed E-state index contributed by atoms with van der Waals surface area (Å²) >= 11 is 0. The molecule has 0 radical (unpaired) electrons. The monoisotopic (exact) mass is 338 g/mol. The maximum absolute atomic E-state index is 11.4.